The molecular formula is C9H15BrO. The molecule has 0 bridgehead atoms. The van der Waals surface area contributed by atoms with Crippen LogP contribution in [0.1, 0.15) is 20.3 Å². The zero-order valence-corrected chi connectivity index (χ0v) is 8.94. The topological polar surface area (TPSA) is 9.23 Å². The predicted molar refractivity (Wildman–Crippen MR) is 51.1 cm³/mol. The highest BCUT2D eigenvalue weighted by Gasteiger charge is 2.28. The average molecular weight is 219 g/mol. The molecule has 1 nitrogen and oxygen atoms in total. The summed E-state index contributed by atoms with van der Waals surface area (Å²) in [5.74, 6) is 0.660. The lowest BCUT2D eigenvalue weighted by atomic mass is 10.1. The Morgan fingerprint density at radius 3 is 2.55 bits per heavy atom. The highest BCUT2D eigenvalue weighted by molar-refractivity contribution is 9.09. The molecule has 64 valence electrons. The van der Waals surface area contributed by atoms with Crippen LogP contribution < -0.4 is 0 Å². The van der Waals surface area contributed by atoms with Crippen LogP contribution in [0, 0.1) is 5.92 Å². The monoisotopic (exact) mass is 218 g/mol. The van der Waals surface area contributed by atoms with Gasteiger partial charge in [0, 0.05) is 12.4 Å². The van der Waals surface area contributed by atoms with Gasteiger partial charge in [0.15, 0.2) is 0 Å². The van der Waals surface area contributed by atoms with Crippen molar-refractivity contribution < 1.29 is 4.74 Å². The van der Waals surface area contributed by atoms with Crippen LogP contribution in [0.2, 0.25) is 0 Å². The maximum absolute atomic E-state index is 5.39. The summed E-state index contributed by atoms with van der Waals surface area (Å²) in [6, 6.07) is 0. The van der Waals surface area contributed by atoms with E-state index in [4.69, 9.17) is 4.74 Å². The third-order valence-corrected chi connectivity index (χ3v) is 3.16. The molecule has 0 heterocycles. The van der Waals surface area contributed by atoms with Crippen LogP contribution in [0.25, 0.3) is 0 Å². The standard InChI is InChI=1S/C9H15BrO/c1-6-4-8(5-10)7(2)9(6)11-3/h6,9H,4-5H2,1-3H3. The van der Waals surface area contributed by atoms with E-state index in [9.17, 15) is 0 Å². The summed E-state index contributed by atoms with van der Waals surface area (Å²) in [6.07, 6.45) is 1.55. The van der Waals surface area contributed by atoms with Gasteiger partial charge in [-0.15, -0.1) is 0 Å². The minimum absolute atomic E-state index is 0.363. The number of hydrogen-bond donors (Lipinski definition) is 0. The zero-order valence-electron chi connectivity index (χ0n) is 7.36. The summed E-state index contributed by atoms with van der Waals surface area (Å²) in [6.45, 7) is 4.42. The minimum atomic E-state index is 0.363. The van der Waals surface area contributed by atoms with Crippen LogP contribution in [0.4, 0.5) is 0 Å². The first-order chi connectivity index (χ1) is 5.20. The number of alkyl halides is 1. The Kier molecular flexibility index (Phi) is 3.14. The summed E-state index contributed by atoms with van der Waals surface area (Å²) in [5, 5.41) is 1.00. The van der Waals surface area contributed by atoms with Crippen LogP contribution in [0.5, 0.6) is 0 Å². The largest absolute Gasteiger partial charge is 0.377 e. The third-order valence-electron chi connectivity index (χ3n) is 2.48. The van der Waals surface area contributed by atoms with Crippen molar-refractivity contribution in [1.82, 2.24) is 0 Å². The number of rotatable bonds is 2. The van der Waals surface area contributed by atoms with E-state index >= 15 is 0 Å². The van der Waals surface area contributed by atoms with Crippen LogP contribution >= 0.6 is 15.9 Å². The van der Waals surface area contributed by atoms with Gasteiger partial charge in [-0.1, -0.05) is 28.4 Å². The molecule has 0 N–H and O–H groups in total. The number of hydrogen-bond acceptors (Lipinski definition) is 1. The Morgan fingerprint density at radius 2 is 2.27 bits per heavy atom. The van der Waals surface area contributed by atoms with Crippen molar-refractivity contribution in [2.75, 3.05) is 12.4 Å². The highest BCUT2D eigenvalue weighted by Crippen LogP contribution is 2.33. The van der Waals surface area contributed by atoms with Gasteiger partial charge in [0.25, 0.3) is 0 Å². The van der Waals surface area contributed by atoms with Crippen LogP contribution in [0.15, 0.2) is 11.1 Å². The van der Waals surface area contributed by atoms with Gasteiger partial charge in [0.2, 0.25) is 0 Å². The fourth-order valence-corrected chi connectivity index (χ4v) is 2.52. The van der Waals surface area contributed by atoms with Crippen molar-refractivity contribution in [2.24, 2.45) is 5.92 Å². The van der Waals surface area contributed by atoms with Gasteiger partial charge in [-0.3, -0.25) is 0 Å². The molecule has 1 aliphatic rings. The van der Waals surface area contributed by atoms with Crippen molar-refractivity contribution in [3.63, 3.8) is 0 Å². The van der Waals surface area contributed by atoms with Crippen molar-refractivity contribution in [2.45, 2.75) is 26.4 Å². The molecule has 1 rings (SSSR count). The van der Waals surface area contributed by atoms with E-state index in [1.54, 1.807) is 7.11 Å². The van der Waals surface area contributed by atoms with E-state index < -0.39 is 0 Å². The molecular weight excluding hydrogens is 204 g/mol. The second kappa shape index (κ2) is 3.72. The van der Waals surface area contributed by atoms with Crippen molar-refractivity contribution >= 4 is 15.9 Å². The summed E-state index contributed by atoms with van der Waals surface area (Å²) in [7, 11) is 1.79. The van der Waals surface area contributed by atoms with Crippen LogP contribution in [0.3, 0.4) is 0 Å². The molecule has 0 aromatic carbocycles. The van der Waals surface area contributed by atoms with Gasteiger partial charge >= 0.3 is 0 Å². The van der Waals surface area contributed by atoms with Crippen molar-refractivity contribution in [3.05, 3.63) is 11.1 Å². The Balaban J connectivity index is 2.74. The Hall–Kier alpha value is 0.180. The molecule has 0 amide bonds. The summed E-state index contributed by atoms with van der Waals surface area (Å²) >= 11 is 3.49. The molecule has 0 saturated carbocycles. The van der Waals surface area contributed by atoms with Crippen molar-refractivity contribution in [1.29, 1.82) is 0 Å². The van der Waals surface area contributed by atoms with Gasteiger partial charge in [-0.2, -0.15) is 0 Å². The van der Waals surface area contributed by atoms with Crippen LogP contribution in [-0.4, -0.2) is 18.5 Å². The SMILES string of the molecule is COC1C(C)=C(CBr)CC1C. The lowest BCUT2D eigenvalue weighted by molar-refractivity contribution is 0.0977. The van der Waals surface area contributed by atoms with E-state index in [-0.39, 0.29) is 0 Å². The molecule has 0 radical (unpaired) electrons. The maximum Gasteiger partial charge on any atom is 0.0809 e. The second-order valence-electron chi connectivity index (χ2n) is 3.26. The normalized spacial score (nSPS) is 31.6. The highest BCUT2D eigenvalue weighted by atomic mass is 79.9. The van der Waals surface area contributed by atoms with E-state index in [2.05, 4.69) is 29.8 Å². The maximum atomic E-state index is 5.39. The molecule has 0 saturated heterocycles. The van der Waals surface area contributed by atoms with E-state index in [0.717, 1.165) is 5.33 Å². The first-order valence-corrected chi connectivity index (χ1v) is 5.10. The first-order valence-electron chi connectivity index (χ1n) is 3.98. The summed E-state index contributed by atoms with van der Waals surface area (Å²) in [5.41, 5.74) is 2.95. The fraction of sp³-hybridized carbons (Fsp3) is 0.778. The molecule has 0 aliphatic heterocycles. The average Bonchev–Trinajstić information content (AvgIpc) is 2.26. The van der Waals surface area contributed by atoms with Gasteiger partial charge in [0.05, 0.1) is 6.10 Å². The predicted octanol–water partition coefficient (Wildman–Crippen LogP) is 2.75. The van der Waals surface area contributed by atoms with Gasteiger partial charge < -0.3 is 4.74 Å². The minimum Gasteiger partial charge on any atom is -0.377 e. The fourth-order valence-electron chi connectivity index (χ4n) is 1.85. The van der Waals surface area contributed by atoms with E-state index in [1.165, 1.54) is 17.6 Å². The van der Waals surface area contributed by atoms with Gasteiger partial charge in [0.1, 0.15) is 0 Å². The molecule has 0 spiro atoms. The Morgan fingerprint density at radius 1 is 1.64 bits per heavy atom. The Bertz CT molecular complexity index is 174. The molecule has 0 fully saturated rings. The zero-order chi connectivity index (χ0) is 8.43. The summed E-state index contributed by atoms with van der Waals surface area (Å²) in [4.78, 5) is 0. The molecule has 0 aromatic rings. The first kappa shape index (κ1) is 9.27. The molecule has 2 atom stereocenters. The van der Waals surface area contributed by atoms with E-state index in [1.807, 2.05) is 0 Å². The molecule has 2 unspecified atom stereocenters. The number of allylic oxidation sites excluding steroid dienone is 1. The number of ether oxygens (including phenoxy) is 1. The molecule has 0 aromatic heterocycles. The summed E-state index contributed by atoms with van der Waals surface area (Å²) < 4.78 is 5.39. The second-order valence-corrected chi connectivity index (χ2v) is 3.82. The number of methoxy groups -OCH3 is 1. The Labute approximate surface area is 76.9 Å². The number of halogens is 1. The molecule has 1 aliphatic carbocycles. The molecule has 11 heavy (non-hydrogen) atoms. The molecule has 2 heteroatoms. The van der Waals surface area contributed by atoms with E-state index in [0.29, 0.717) is 12.0 Å². The smallest absolute Gasteiger partial charge is 0.0809 e. The van der Waals surface area contributed by atoms with Crippen molar-refractivity contribution in [3.8, 4) is 0 Å². The van der Waals surface area contributed by atoms with Crippen LogP contribution in [-0.2, 0) is 4.74 Å². The van der Waals surface area contributed by atoms with Gasteiger partial charge in [-0.25, -0.2) is 0 Å². The lowest BCUT2D eigenvalue weighted by Gasteiger charge is -2.14. The van der Waals surface area contributed by atoms with Gasteiger partial charge in [-0.05, 0) is 24.8 Å². The third kappa shape index (κ3) is 1.67. The quantitative estimate of drug-likeness (QED) is 0.512. The lowest BCUT2D eigenvalue weighted by Crippen LogP contribution is -2.15.